The molecule has 3 aromatic rings. The van der Waals surface area contributed by atoms with E-state index in [1.807, 2.05) is 36.4 Å². The molecular weight excluding hydrogens is 288 g/mol. The number of para-hydroxylation sites is 2. The van der Waals surface area contributed by atoms with Gasteiger partial charge in [0.15, 0.2) is 11.5 Å². The van der Waals surface area contributed by atoms with Crippen LogP contribution in [0.4, 0.5) is 0 Å². The first kappa shape index (κ1) is 14.3. The van der Waals surface area contributed by atoms with Crippen LogP contribution in [0.3, 0.4) is 0 Å². The lowest BCUT2D eigenvalue weighted by molar-refractivity contribution is 0.320. The van der Waals surface area contributed by atoms with Crippen LogP contribution in [0.5, 0.6) is 5.75 Å². The molecule has 1 fully saturated rings. The molecule has 1 aliphatic rings. The maximum atomic E-state index is 5.93. The van der Waals surface area contributed by atoms with Crippen molar-refractivity contribution in [3.63, 3.8) is 0 Å². The van der Waals surface area contributed by atoms with Crippen LogP contribution in [0.25, 0.3) is 11.1 Å². The molecule has 23 heavy (non-hydrogen) atoms. The minimum Gasteiger partial charge on any atom is -0.497 e. The zero-order valence-electron chi connectivity index (χ0n) is 13.2. The molecule has 4 rings (SSSR count). The lowest BCUT2D eigenvalue weighted by Gasteiger charge is -2.15. The summed E-state index contributed by atoms with van der Waals surface area (Å²) in [5.74, 6) is 2.17. The minimum atomic E-state index is 0.389. The van der Waals surface area contributed by atoms with Gasteiger partial charge in [-0.2, -0.15) is 0 Å². The number of aromatic nitrogens is 1. The molecule has 0 N–H and O–H groups in total. The molecule has 0 bridgehead atoms. The molecule has 0 aliphatic carbocycles. The summed E-state index contributed by atoms with van der Waals surface area (Å²) in [6.07, 6.45) is 1.10. The highest BCUT2D eigenvalue weighted by atomic mass is 16.5. The molecule has 2 aromatic carbocycles. The Kier molecular flexibility index (Phi) is 3.75. The van der Waals surface area contributed by atoms with E-state index in [9.17, 15) is 0 Å². The van der Waals surface area contributed by atoms with Gasteiger partial charge in [0, 0.05) is 19.0 Å². The summed E-state index contributed by atoms with van der Waals surface area (Å²) < 4.78 is 11.1. The number of oxazole rings is 1. The molecule has 1 aliphatic heterocycles. The van der Waals surface area contributed by atoms with Crippen molar-refractivity contribution in [3.05, 3.63) is 60.0 Å². The van der Waals surface area contributed by atoms with Crippen LogP contribution in [0.1, 0.15) is 23.8 Å². The van der Waals surface area contributed by atoms with E-state index in [-0.39, 0.29) is 0 Å². The van der Waals surface area contributed by atoms with E-state index in [1.54, 1.807) is 7.11 Å². The van der Waals surface area contributed by atoms with Crippen LogP contribution >= 0.6 is 0 Å². The molecule has 1 unspecified atom stereocenters. The van der Waals surface area contributed by atoms with Crippen molar-refractivity contribution in [1.82, 2.24) is 9.88 Å². The molecular formula is C19H20N2O2. The van der Waals surface area contributed by atoms with E-state index < -0.39 is 0 Å². The summed E-state index contributed by atoms with van der Waals surface area (Å²) in [5, 5.41) is 0. The quantitative estimate of drug-likeness (QED) is 0.734. The first-order valence-corrected chi connectivity index (χ1v) is 8.02. The fourth-order valence-electron chi connectivity index (χ4n) is 3.23. The van der Waals surface area contributed by atoms with Gasteiger partial charge in [-0.05, 0) is 42.8 Å². The number of hydrogen-bond acceptors (Lipinski definition) is 4. The van der Waals surface area contributed by atoms with Crippen molar-refractivity contribution in [2.45, 2.75) is 18.9 Å². The Morgan fingerprint density at radius 2 is 2.00 bits per heavy atom. The Hall–Kier alpha value is -2.33. The van der Waals surface area contributed by atoms with Gasteiger partial charge in [-0.15, -0.1) is 0 Å². The second-order valence-electron chi connectivity index (χ2n) is 6.09. The second kappa shape index (κ2) is 6.05. The number of rotatable bonds is 4. The lowest BCUT2D eigenvalue weighted by Crippen LogP contribution is -2.19. The molecule has 1 aromatic heterocycles. The molecule has 4 nitrogen and oxygen atoms in total. The van der Waals surface area contributed by atoms with Crippen LogP contribution in [-0.4, -0.2) is 30.1 Å². The maximum Gasteiger partial charge on any atom is 0.199 e. The third-order valence-corrected chi connectivity index (χ3v) is 4.50. The van der Waals surface area contributed by atoms with Gasteiger partial charge in [-0.25, -0.2) is 4.98 Å². The highest BCUT2D eigenvalue weighted by Crippen LogP contribution is 2.30. The van der Waals surface area contributed by atoms with Crippen molar-refractivity contribution in [2.24, 2.45) is 0 Å². The predicted molar refractivity (Wildman–Crippen MR) is 89.6 cm³/mol. The summed E-state index contributed by atoms with van der Waals surface area (Å²) in [4.78, 5) is 7.11. The average molecular weight is 308 g/mol. The number of benzene rings is 2. The topological polar surface area (TPSA) is 38.5 Å². The second-order valence-corrected chi connectivity index (χ2v) is 6.09. The number of ether oxygens (including phenoxy) is 1. The summed E-state index contributed by atoms with van der Waals surface area (Å²) in [6, 6.07) is 16.3. The Morgan fingerprint density at radius 1 is 1.17 bits per heavy atom. The van der Waals surface area contributed by atoms with Crippen molar-refractivity contribution in [2.75, 3.05) is 20.2 Å². The van der Waals surface area contributed by atoms with Crippen LogP contribution in [0.15, 0.2) is 52.9 Å². The zero-order chi connectivity index (χ0) is 15.6. The molecule has 0 amide bonds. The van der Waals surface area contributed by atoms with Gasteiger partial charge in [-0.3, -0.25) is 4.90 Å². The fraction of sp³-hybridized carbons (Fsp3) is 0.316. The van der Waals surface area contributed by atoms with Crippen LogP contribution in [-0.2, 0) is 6.54 Å². The minimum absolute atomic E-state index is 0.389. The highest BCUT2D eigenvalue weighted by Gasteiger charge is 2.27. The molecule has 0 saturated carbocycles. The molecule has 118 valence electrons. The Morgan fingerprint density at radius 3 is 2.78 bits per heavy atom. The highest BCUT2D eigenvalue weighted by molar-refractivity contribution is 5.72. The van der Waals surface area contributed by atoms with Crippen molar-refractivity contribution >= 4 is 11.1 Å². The Bertz CT molecular complexity index is 761. The van der Waals surface area contributed by atoms with Crippen LogP contribution in [0, 0.1) is 0 Å². The SMILES string of the molecule is COc1ccc(CN2CCC(c3nc4ccccc4o3)C2)cc1. The fourth-order valence-corrected chi connectivity index (χ4v) is 3.23. The van der Waals surface area contributed by atoms with E-state index in [0.717, 1.165) is 48.8 Å². The average Bonchev–Trinajstić information content (AvgIpc) is 3.21. The van der Waals surface area contributed by atoms with Gasteiger partial charge in [-0.1, -0.05) is 24.3 Å². The van der Waals surface area contributed by atoms with Gasteiger partial charge >= 0.3 is 0 Å². The first-order chi connectivity index (χ1) is 11.3. The molecule has 2 heterocycles. The number of likely N-dealkylation sites (tertiary alicyclic amines) is 1. The Labute approximate surface area is 135 Å². The largest absolute Gasteiger partial charge is 0.497 e. The Balaban J connectivity index is 1.43. The van der Waals surface area contributed by atoms with Crippen LogP contribution in [0.2, 0.25) is 0 Å². The van der Waals surface area contributed by atoms with Gasteiger partial charge < -0.3 is 9.15 Å². The third kappa shape index (κ3) is 2.94. The van der Waals surface area contributed by atoms with E-state index in [1.165, 1.54) is 5.56 Å². The predicted octanol–water partition coefficient (Wildman–Crippen LogP) is 3.83. The van der Waals surface area contributed by atoms with E-state index >= 15 is 0 Å². The maximum absolute atomic E-state index is 5.93. The summed E-state index contributed by atoms with van der Waals surface area (Å²) in [7, 11) is 1.69. The summed E-state index contributed by atoms with van der Waals surface area (Å²) in [6.45, 7) is 3.04. The molecule has 1 saturated heterocycles. The van der Waals surface area contributed by atoms with E-state index in [2.05, 4.69) is 22.0 Å². The smallest absolute Gasteiger partial charge is 0.199 e. The molecule has 0 radical (unpaired) electrons. The van der Waals surface area contributed by atoms with Gasteiger partial charge in [0.05, 0.1) is 7.11 Å². The molecule has 0 spiro atoms. The van der Waals surface area contributed by atoms with Crippen LogP contribution < -0.4 is 4.74 Å². The normalized spacial score (nSPS) is 18.6. The summed E-state index contributed by atoms with van der Waals surface area (Å²) >= 11 is 0. The van der Waals surface area contributed by atoms with Crippen molar-refractivity contribution in [1.29, 1.82) is 0 Å². The van der Waals surface area contributed by atoms with Gasteiger partial charge in [0.1, 0.15) is 11.3 Å². The van der Waals surface area contributed by atoms with E-state index in [0.29, 0.717) is 5.92 Å². The monoisotopic (exact) mass is 308 g/mol. The summed E-state index contributed by atoms with van der Waals surface area (Å²) in [5.41, 5.74) is 3.15. The first-order valence-electron chi connectivity index (χ1n) is 8.02. The third-order valence-electron chi connectivity index (χ3n) is 4.50. The molecule has 1 atom stereocenters. The van der Waals surface area contributed by atoms with Crippen molar-refractivity contribution in [3.8, 4) is 5.75 Å². The molecule has 4 heteroatoms. The van der Waals surface area contributed by atoms with Gasteiger partial charge in [0.25, 0.3) is 0 Å². The number of methoxy groups -OCH3 is 1. The number of fused-ring (bicyclic) bond motifs is 1. The van der Waals surface area contributed by atoms with Crippen molar-refractivity contribution < 1.29 is 9.15 Å². The van der Waals surface area contributed by atoms with Gasteiger partial charge in [0.2, 0.25) is 0 Å². The lowest BCUT2D eigenvalue weighted by atomic mass is 10.1. The number of hydrogen-bond donors (Lipinski definition) is 0. The van der Waals surface area contributed by atoms with E-state index in [4.69, 9.17) is 9.15 Å². The zero-order valence-corrected chi connectivity index (χ0v) is 13.2. The number of nitrogens with zero attached hydrogens (tertiary/aromatic N) is 2. The standard InChI is InChI=1S/C19H20N2O2/c1-22-16-8-6-14(7-9-16)12-21-11-10-15(13-21)19-20-17-4-2-3-5-18(17)23-19/h2-9,15H,10-13H2,1H3.